The molecule has 5 rings (SSSR count). The summed E-state index contributed by atoms with van der Waals surface area (Å²) < 4.78 is 2.14. The van der Waals surface area contributed by atoms with Gasteiger partial charge in [0.15, 0.2) is 0 Å². The minimum atomic E-state index is -0.0585. The van der Waals surface area contributed by atoms with E-state index in [1.165, 1.54) is 5.57 Å². The van der Waals surface area contributed by atoms with E-state index in [1.807, 2.05) is 31.9 Å². The fraction of sp³-hybridized carbons (Fsp3) is 0.400. The van der Waals surface area contributed by atoms with Crippen LogP contribution in [0.25, 0.3) is 27.9 Å². The van der Waals surface area contributed by atoms with Gasteiger partial charge in [0.2, 0.25) is 5.91 Å². The quantitative estimate of drug-likeness (QED) is 0.511. The van der Waals surface area contributed by atoms with Crippen LogP contribution in [-0.4, -0.2) is 42.9 Å². The van der Waals surface area contributed by atoms with Crippen LogP contribution < -0.4 is 0 Å². The van der Waals surface area contributed by atoms with Gasteiger partial charge in [-0.2, -0.15) is 0 Å². The molecule has 182 valence electrons. The molecule has 0 spiro atoms. The largest absolute Gasteiger partial charge is 0.329 e. The summed E-state index contributed by atoms with van der Waals surface area (Å²) >= 11 is 0. The lowest BCUT2D eigenvalue weighted by Crippen LogP contribution is -2.39. The highest BCUT2D eigenvalue weighted by Gasteiger charge is 2.34. The standard InChI is InChI=1S/C30H31N5O/c1-7-23-16-18(3)25(20(5)33-23)28-27(26-19(4)31-17-32-29(26)34(28)6)21-11-13-22(14-12-21)30(36)35-15-9-10-24(35)8-2/h1-2,11,16-17,22,24H,9-10,12-15H2,3-6H3. The first-order valence-corrected chi connectivity index (χ1v) is 12.6. The SMILES string of the molecule is C#Cc1cc(C)c(-c2c(C3=CCC(C(=O)N4CCCC4C#C)CC3)c3c(C)ncnc3n2C)c(C)n1. The normalized spacial score (nSPS) is 19.7. The third-order valence-electron chi connectivity index (χ3n) is 7.75. The van der Waals surface area contributed by atoms with Crippen molar-refractivity contribution < 1.29 is 4.79 Å². The Hall–Kier alpha value is -3.90. The summed E-state index contributed by atoms with van der Waals surface area (Å²) in [5.41, 5.74) is 8.93. The summed E-state index contributed by atoms with van der Waals surface area (Å²) in [6.45, 7) is 6.88. The van der Waals surface area contributed by atoms with Crippen molar-refractivity contribution in [2.75, 3.05) is 6.54 Å². The molecule has 0 N–H and O–H groups in total. The summed E-state index contributed by atoms with van der Waals surface area (Å²) in [7, 11) is 2.05. The molecule has 2 aliphatic rings. The number of carbonyl (C=O) groups is 1. The molecule has 3 aromatic rings. The smallest absolute Gasteiger partial charge is 0.227 e. The summed E-state index contributed by atoms with van der Waals surface area (Å²) in [6.07, 6.45) is 19.4. The third kappa shape index (κ3) is 3.78. The number of fused-ring (bicyclic) bond motifs is 1. The lowest BCUT2D eigenvalue weighted by Gasteiger charge is -2.28. The molecule has 36 heavy (non-hydrogen) atoms. The molecule has 1 amide bonds. The van der Waals surface area contributed by atoms with Gasteiger partial charge in [0, 0.05) is 41.7 Å². The van der Waals surface area contributed by atoms with E-state index < -0.39 is 0 Å². The number of pyridine rings is 1. The highest BCUT2D eigenvalue weighted by atomic mass is 16.2. The van der Waals surface area contributed by atoms with Crippen LogP contribution in [0.5, 0.6) is 0 Å². The first kappa shape index (κ1) is 23.8. The van der Waals surface area contributed by atoms with Crippen molar-refractivity contribution in [1.29, 1.82) is 0 Å². The molecular formula is C30H31N5O. The van der Waals surface area contributed by atoms with E-state index in [9.17, 15) is 4.79 Å². The zero-order valence-electron chi connectivity index (χ0n) is 21.4. The number of likely N-dealkylation sites (tertiary alicyclic amines) is 1. The minimum absolute atomic E-state index is 0.0291. The van der Waals surface area contributed by atoms with Crippen molar-refractivity contribution >= 4 is 22.5 Å². The van der Waals surface area contributed by atoms with Crippen LogP contribution in [0.3, 0.4) is 0 Å². The van der Waals surface area contributed by atoms with Crippen LogP contribution in [0.1, 0.15) is 60.3 Å². The van der Waals surface area contributed by atoms with Crippen molar-refractivity contribution in [2.24, 2.45) is 13.0 Å². The van der Waals surface area contributed by atoms with Gasteiger partial charge >= 0.3 is 0 Å². The number of hydrogen-bond donors (Lipinski definition) is 0. The predicted molar refractivity (Wildman–Crippen MR) is 143 cm³/mol. The number of allylic oxidation sites excluding steroid dienone is 2. The monoisotopic (exact) mass is 477 g/mol. The molecular weight excluding hydrogens is 446 g/mol. The van der Waals surface area contributed by atoms with Gasteiger partial charge < -0.3 is 9.47 Å². The van der Waals surface area contributed by atoms with Crippen LogP contribution in [0.4, 0.5) is 0 Å². The molecule has 6 heteroatoms. The maximum absolute atomic E-state index is 13.3. The van der Waals surface area contributed by atoms with Gasteiger partial charge in [0.1, 0.15) is 17.7 Å². The Labute approximate surface area is 212 Å². The molecule has 1 saturated heterocycles. The number of amides is 1. The topological polar surface area (TPSA) is 63.9 Å². The van der Waals surface area contributed by atoms with Gasteiger partial charge in [0.05, 0.1) is 17.4 Å². The highest BCUT2D eigenvalue weighted by molar-refractivity contribution is 6.01. The fourth-order valence-electron chi connectivity index (χ4n) is 5.99. The molecule has 6 nitrogen and oxygen atoms in total. The molecule has 0 radical (unpaired) electrons. The van der Waals surface area contributed by atoms with Gasteiger partial charge in [-0.1, -0.05) is 17.9 Å². The Morgan fingerprint density at radius 1 is 1.11 bits per heavy atom. The average molecular weight is 478 g/mol. The first-order chi connectivity index (χ1) is 17.3. The molecule has 0 aromatic carbocycles. The molecule has 1 fully saturated rings. The number of nitrogens with zero attached hydrogens (tertiary/aromatic N) is 5. The van der Waals surface area contributed by atoms with Crippen LogP contribution in [-0.2, 0) is 11.8 Å². The van der Waals surface area contributed by atoms with Crippen LogP contribution in [0, 0.1) is 51.4 Å². The maximum atomic E-state index is 13.3. The number of aryl methyl sites for hydroxylation is 4. The van der Waals surface area contributed by atoms with Crippen LogP contribution in [0.15, 0.2) is 18.5 Å². The molecule has 0 bridgehead atoms. The molecule has 2 atom stereocenters. The zero-order valence-corrected chi connectivity index (χ0v) is 21.4. The van der Waals surface area contributed by atoms with E-state index >= 15 is 0 Å². The maximum Gasteiger partial charge on any atom is 0.227 e. The lowest BCUT2D eigenvalue weighted by atomic mass is 9.83. The molecule has 2 unspecified atom stereocenters. The van der Waals surface area contributed by atoms with Gasteiger partial charge in [0.25, 0.3) is 0 Å². The number of terminal acetylenes is 2. The Balaban J connectivity index is 1.61. The second-order valence-corrected chi connectivity index (χ2v) is 9.93. The number of rotatable bonds is 3. The second kappa shape index (κ2) is 9.28. The van der Waals surface area contributed by atoms with E-state index in [1.54, 1.807) is 6.33 Å². The highest BCUT2D eigenvalue weighted by Crippen LogP contribution is 2.44. The van der Waals surface area contributed by atoms with E-state index in [-0.39, 0.29) is 17.9 Å². The van der Waals surface area contributed by atoms with Crippen LogP contribution in [0.2, 0.25) is 0 Å². The molecule has 1 aliphatic heterocycles. The Morgan fingerprint density at radius 2 is 1.92 bits per heavy atom. The van der Waals surface area contributed by atoms with Gasteiger partial charge in [-0.15, -0.1) is 12.8 Å². The number of carbonyl (C=O) groups excluding carboxylic acids is 1. The number of aromatic nitrogens is 4. The zero-order chi connectivity index (χ0) is 25.6. The van der Waals surface area contributed by atoms with E-state index in [4.69, 9.17) is 12.8 Å². The molecule has 3 aromatic heterocycles. The second-order valence-electron chi connectivity index (χ2n) is 9.93. The lowest BCUT2D eigenvalue weighted by molar-refractivity contribution is -0.135. The van der Waals surface area contributed by atoms with Gasteiger partial charge in [-0.3, -0.25) is 4.79 Å². The Bertz CT molecular complexity index is 1470. The third-order valence-corrected chi connectivity index (χ3v) is 7.75. The summed E-state index contributed by atoms with van der Waals surface area (Å²) in [6, 6.07) is 1.90. The number of hydrogen-bond acceptors (Lipinski definition) is 4. The minimum Gasteiger partial charge on any atom is -0.329 e. The fourth-order valence-corrected chi connectivity index (χ4v) is 5.99. The van der Waals surface area contributed by atoms with Gasteiger partial charge in [-0.25, -0.2) is 15.0 Å². The van der Waals surface area contributed by atoms with Gasteiger partial charge in [-0.05, 0) is 70.1 Å². The molecule has 1 aliphatic carbocycles. The van der Waals surface area contributed by atoms with Crippen molar-refractivity contribution in [3.8, 4) is 35.9 Å². The Kier molecular flexibility index (Phi) is 6.14. The molecule has 0 saturated carbocycles. The van der Waals surface area contributed by atoms with Crippen molar-refractivity contribution in [2.45, 2.75) is 58.9 Å². The summed E-state index contributed by atoms with van der Waals surface area (Å²) in [5.74, 6) is 5.63. The summed E-state index contributed by atoms with van der Waals surface area (Å²) in [4.78, 5) is 29.0. The van der Waals surface area contributed by atoms with E-state index in [2.05, 4.69) is 44.4 Å². The van der Waals surface area contributed by atoms with Crippen molar-refractivity contribution in [3.63, 3.8) is 0 Å². The van der Waals surface area contributed by atoms with E-state index in [0.717, 1.165) is 77.0 Å². The van der Waals surface area contributed by atoms with E-state index in [0.29, 0.717) is 12.1 Å². The summed E-state index contributed by atoms with van der Waals surface area (Å²) in [5, 5.41) is 1.05. The average Bonchev–Trinajstić information content (AvgIpc) is 3.47. The first-order valence-electron chi connectivity index (χ1n) is 12.6. The van der Waals surface area contributed by atoms with Crippen LogP contribution >= 0.6 is 0 Å². The predicted octanol–water partition coefficient (Wildman–Crippen LogP) is 4.74. The van der Waals surface area contributed by atoms with Crippen molar-refractivity contribution in [3.05, 3.63) is 46.7 Å². The Morgan fingerprint density at radius 3 is 2.58 bits per heavy atom. The van der Waals surface area contributed by atoms with Crippen molar-refractivity contribution in [1.82, 2.24) is 24.4 Å². The molecule has 4 heterocycles.